The third-order valence-corrected chi connectivity index (χ3v) is 3.93. The molecule has 6 nitrogen and oxygen atoms in total. The van der Waals surface area contributed by atoms with Gasteiger partial charge in [-0.1, -0.05) is 30.3 Å². The Balaban J connectivity index is 2.23. The van der Waals surface area contributed by atoms with Crippen molar-refractivity contribution in [3.8, 4) is 0 Å². The molecule has 0 aliphatic carbocycles. The number of anilines is 2. The molecule has 0 heterocycles. The van der Waals surface area contributed by atoms with Crippen LogP contribution in [0.5, 0.6) is 0 Å². The quantitative estimate of drug-likeness (QED) is 0.801. The van der Waals surface area contributed by atoms with Crippen LogP contribution in [0.4, 0.5) is 11.4 Å². The summed E-state index contributed by atoms with van der Waals surface area (Å²) in [5, 5.41) is 5.74. The van der Waals surface area contributed by atoms with E-state index in [1.165, 1.54) is 7.11 Å². The fourth-order valence-corrected chi connectivity index (χ4v) is 2.61. The van der Waals surface area contributed by atoms with Crippen molar-refractivity contribution in [3.63, 3.8) is 0 Å². The van der Waals surface area contributed by atoms with E-state index in [9.17, 15) is 9.59 Å². The van der Waals surface area contributed by atoms with E-state index in [0.717, 1.165) is 11.3 Å². The summed E-state index contributed by atoms with van der Waals surface area (Å²) in [6.45, 7) is 1.90. The van der Waals surface area contributed by atoms with E-state index < -0.39 is 0 Å². The number of methoxy groups -OCH3 is 1. The van der Waals surface area contributed by atoms with Crippen molar-refractivity contribution in [1.82, 2.24) is 5.32 Å². The second kappa shape index (κ2) is 9.01. The monoisotopic (exact) mass is 355 g/mol. The van der Waals surface area contributed by atoms with Gasteiger partial charge >= 0.3 is 0 Å². The van der Waals surface area contributed by atoms with Crippen molar-refractivity contribution in [2.24, 2.45) is 0 Å². The maximum absolute atomic E-state index is 12.8. The number of amides is 2. The molecule has 6 heteroatoms. The van der Waals surface area contributed by atoms with Crippen LogP contribution in [-0.2, 0) is 9.53 Å². The van der Waals surface area contributed by atoms with Gasteiger partial charge in [0.2, 0.25) is 5.91 Å². The van der Waals surface area contributed by atoms with E-state index in [-0.39, 0.29) is 24.5 Å². The number of ether oxygens (including phenoxy) is 1. The largest absolute Gasteiger partial charge is 0.377 e. The molecule has 2 rings (SSSR count). The second-order valence-electron chi connectivity index (χ2n) is 6.21. The van der Waals surface area contributed by atoms with Crippen LogP contribution in [0.2, 0.25) is 0 Å². The first-order chi connectivity index (χ1) is 12.4. The van der Waals surface area contributed by atoms with E-state index in [1.54, 1.807) is 12.1 Å². The molecular formula is C20H25N3O3. The number of carbonyl (C=O) groups excluding carboxylic acids is 2. The number of hydrogen-bond acceptors (Lipinski definition) is 4. The summed E-state index contributed by atoms with van der Waals surface area (Å²) in [5.41, 5.74) is 2.84. The average Bonchev–Trinajstić information content (AvgIpc) is 2.62. The summed E-state index contributed by atoms with van der Waals surface area (Å²) < 4.78 is 4.82. The lowest BCUT2D eigenvalue weighted by atomic mass is 10.1. The third-order valence-electron chi connectivity index (χ3n) is 3.93. The molecule has 0 aliphatic heterocycles. The van der Waals surface area contributed by atoms with Gasteiger partial charge in [0.15, 0.2) is 0 Å². The van der Waals surface area contributed by atoms with Gasteiger partial charge in [0.25, 0.3) is 5.91 Å². The first kappa shape index (κ1) is 19.5. The summed E-state index contributed by atoms with van der Waals surface area (Å²) in [7, 11) is 5.20. The van der Waals surface area contributed by atoms with Gasteiger partial charge < -0.3 is 20.3 Å². The molecule has 0 fully saturated rings. The van der Waals surface area contributed by atoms with Crippen molar-refractivity contribution in [3.05, 3.63) is 59.7 Å². The van der Waals surface area contributed by atoms with Gasteiger partial charge in [-0.25, -0.2) is 0 Å². The summed E-state index contributed by atoms with van der Waals surface area (Å²) in [5.74, 6) is -0.470. The standard InChI is InChI=1S/C20H25N3O3/c1-14(15-8-6-5-7-9-15)21-20(25)17-12-16(22-19(24)13-26-4)10-11-18(17)23(2)3/h5-12,14H,13H2,1-4H3,(H,21,25)(H,22,24). The molecule has 0 radical (unpaired) electrons. The number of hydrogen-bond donors (Lipinski definition) is 2. The first-order valence-electron chi connectivity index (χ1n) is 8.38. The minimum absolute atomic E-state index is 0.0397. The number of carbonyl (C=O) groups is 2. The molecule has 0 spiro atoms. The molecule has 0 saturated carbocycles. The Kier molecular flexibility index (Phi) is 6.74. The molecule has 2 amide bonds. The Bertz CT molecular complexity index is 760. The fourth-order valence-electron chi connectivity index (χ4n) is 2.61. The zero-order valence-electron chi connectivity index (χ0n) is 15.6. The predicted octanol–water partition coefficient (Wildman–Crippen LogP) is 2.83. The van der Waals surface area contributed by atoms with Gasteiger partial charge in [-0.3, -0.25) is 9.59 Å². The highest BCUT2D eigenvalue weighted by atomic mass is 16.5. The predicted molar refractivity (Wildman–Crippen MR) is 104 cm³/mol. The molecule has 0 bridgehead atoms. The van der Waals surface area contributed by atoms with Crippen molar-refractivity contribution >= 4 is 23.2 Å². The fraction of sp³-hybridized carbons (Fsp3) is 0.300. The molecule has 26 heavy (non-hydrogen) atoms. The Labute approximate surface area is 154 Å². The normalized spacial score (nSPS) is 11.5. The number of benzene rings is 2. The molecular weight excluding hydrogens is 330 g/mol. The average molecular weight is 355 g/mol. The van der Waals surface area contributed by atoms with Crippen molar-refractivity contribution in [2.75, 3.05) is 38.0 Å². The highest BCUT2D eigenvalue weighted by Crippen LogP contribution is 2.24. The molecule has 1 atom stereocenters. The van der Waals surface area contributed by atoms with Gasteiger partial charge in [0.05, 0.1) is 11.6 Å². The Hall–Kier alpha value is -2.86. The molecule has 1 unspecified atom stereocenters. The minimum Gasteiger partial charge on any atom is -0.377 e. The van der Waals surface area contributed by atoms with Crippen LogP contribution in [0.15, 0.2) is 48.5 Å². The maximum Gasteiger partial charge on any atom is 0.253 e. The van der Waals surface area contributed by atoms with Crippen molar-refractivity contribution in [2.45, 2.75) is 13.0 Å². The topological polar surface area (TPSA) is 70.7 Å². The van der Waals surface area contributed by atoms with Crippen LogP contribution in [0.25, 0.3) is 0 Å². The summed E-state index contributed by atoms with van der Waals surface area (Å²) in [6, 6.07) is 14.9. The lowest BCUT2D eigenvalue weighted by molar-refractivity contribution is -0.119. The van der Waals surface area contributed by atoms with Crippen LogP contribution >= 0.6 is 0 Å². The SMILES string of the molecule is COCC(=O)Nc1ccc(N(C)C)c(C(=O)NC(C)c2ccccc2)c1. The van der Waals surface area contributed by atoms with Gasteiger partial charge in [-0.2, -0.15) is 0 Å². The number of rotatable bonds is 7. The van der Waals surface area contributed by atoms with Gasteiger partial charge in [-0.15, -0.1) is 0 Å². The van der Waals surface area contributed by atoms with Crippen LogP contribution in [0.3, 0.4) is 0 Å². The van der Waals surface area contributed by atoms with E-state index >= 15 is 0 Å². The zero-order valence-corrected chi connectivity index (χ0v) is 15.6. The molecule has 2 aromatic rings. The van der Waals surface area contributed by atoms with Crippen molar-refractivity contribution in [1.29, 1.82) is 0 Å². The lowest BCUT2D eigenvalue weighted by Crippen LogP contribution is -2.28. The smallest absolute Gasteiger partial charge is 0.253 e. The minimum atomic E-state index is -0.269. The molecule has 2 N–H and O–H groups in total. The van der Waals surface area contributed by atoms with E-state index in [4.69, 9.17) is 4.74 Å². The molecule has 0 saturated heterocycles. The number of nitrogens with one attached hydrogen (secondary N) is 2. The second-order valence-corrected chi connectivity index (χ2v) is 6.21. The molecule has 138 valence electrons. The molecule has 2 aromatic carbocycles. The third kappa shape index (κ3) is 5.07. The van der Waals surface area contributed by atoms with Gasteiger partial charge in [-0.05, 0) is 30.7 Å². The van der Waals surface area contributed by atoms with Gasteiger partial charge in [0, 0.05) is 32.6 Å². The number of nitrogens with zero attached hydrogens (tertiary/aromatic N) is 1. The van der Waals surface area contributed by atoms with Gasteiger partial charge in [0.1, 0.15) is 6.61 Å². The van der Waals surface area contributed by atoms with Crippen molar-refractivity contribution < 1.29 is 14.3 Å². The highest BCUT2D eigenvalue weighted by Gasteiger charge is 2.17. The Morgan fingerprint density at radius 2 is 1.81 bits per heavy atom. The summed E-state index contributed by atoms with van der Waals surface area (Å²) >= 11 is 0. The summed E-state index contributed by atoms with van der Waals surface area (Å²) in [6.07, 6.45) is 0. The Morgan fingerprint density at radius 1 is 1.12 bits per heavy atom. The summed E-state index contributed by atoms with van der Waals surface area (Å²) in [4.78, 5) is 26.4. The van der Waals surface area contributed by atoms with Crippen LogP contribution in [-0.4, -0.2) is 39.6 Å². The Morgan fingerprint density at radius 3 is 2.42 bits per heavy atom. The first-order valence-corrected chi connectivity index (χ1v) is 8.38. The lowest BCUT2D eigenvalue weighted by Gasteiger charge is -2.20. The van der Waals surface area contributed by atoms with E-state index in [1.807, 2.05) is 62.3 Å². The van der Waals surface area contributed by atoms with E-state index in [0.29, 0.717) is 11.3 Å². The van der Waals surface area contributed by atoms with Crippen LogP contribution in [0, 0.1) is 0 Å². The molecule has 0 aliphatic rings. The highest BCUT2D eigenvalue weighted by molar-refractivity contribution is 6.02. The zero-order chi connectivity index (χ0) is 19.1. The van der Waals surface area contributed by atoms with Crippen LogP contribution < -0.4 is 15.5 Å². The maximum atomic E-state index is 12.8. The van der Waals surface area contributed by atoms with Crippen LogP contribution in [0.1, 0.15) is 28.9 Å². The van der Waals surface area contributed by atoms with E-state index in [2.05, 4.69) is 10.6 Å². The molecule has 0 aromatic heterocycles.